The van der Waals surface area contributed by atoms with E-state index in [0.29, 0.717) is 28.7 Å². The minimum atomic E-state index is 0. The van der Waals surface area contributed by atoms with Crippen LogP contribution in [0.4, 0.5) is 0 Å². The van der Waals surface area contributed by atoms with Gasteiger partial charge >= 0.3 is 0 Å². The van der Waals surface area contributed by atoms with Gasteiger partial charge in [-0.05, 0) is 32.5 Å². The maximum Gasteiger partial charge on any atom is 0.191 e. The van der Waals surface area contributed by atoms with Crippen LogP contribution in [0.2, 0.25) is 10.2 Å². The molecule has 8 heteroatoms. The number of hydrogen-bond donors (Lipinski definition) is 2. The Morgan fingerprint density at radius 2 is 1.92 bits per heavy atom. The first kappa shape index (κ1) is 23.8. The van der Waals surface area contributed by atoms with Gasteiger partial charge in [0, 0.05) is 32.4 Å². The second-order valence-corrected chi connectivity index (χ2v) is 7.15. The lowest BCUT2D eigenvalue weighted by Gasteiger charge is -2.27. The Morgan fingerprint density at radius 1 is 1.29 bits per heavy atom. The van der Waals surface area contributed by atoms with Crippen molar-refractivity contribution in [3.63, 3.8) is 0 Å². The van der Waals surface area contributed by atoms with Gasteiger partial charge in [-0.15, -0.1) is 24.0 Å². The molecule has 0 spiro atoms. The molecular formula is C16H30Cl2IN5. The summed E-state index contributed by atoms with van der Waals surface area (Å²) in [6, 6.07) is 2.33. The van der Waals surface area contributed by atoms with E-state index in [9.17, 15) is 0 Å². The van der Waals surface area contributed by atoms with Crippen LogP contribution in [0.15, 0.2) is 11.1 Å². The summed E-state index contributed by atoms with van der Waals surface area (Å²) in [5.74, 6) is 1.43. The summed E-state index contributed by atoms with van der Waals surface area (Å²) in [6.07, 6.45) is 1.14. The van der Waals surface area contributed by atoms with E-state index in [1.807, 2.05) is 17.7 Å². The fourth-order valence-electron chi connectivity index (χ4n) is 2.39. The van der Waals surface area contributed by atoms with Gasteiger partial charge in [0.15, 0.2) is 5.96 Å². The molecule has 0 aromatic carbocycles. The summed E-state index contributed by atoms with van der Waals surface area (Å²) in [5.41, 5.74) is 1.01. The zero-order valence-corrected chi connectivity index (χ0v) is 19.2. The monoisotopic (exact) mass is 489 g/mol. The number of nitrogens with one attached hydrogen (secondary N) is 2. The van der Waals surface area contributed by atoms with E-state index in [2.05, 4.69) is 48.5 Å². The summed E-state index contributed by atoms with van der Waals surface area (Å²) < 4.78 is 1.87. The fraction of sp³-hybridized carbons (Fsp3) is 0.688. The molecule has 0 amide bonds. The maximum absolute atomic E-state index is 6.09. The van der Waals surface area contributed by atoms with Crippen molar-refractivity contribution in [1.82, 2.24) is 20.1 Å². The molecule has 0 aliphatic rings. The zero-order valence-electron chi connectivity index (χ0n) is 15.4. The highest BCUT2D eigenvalue weighted by Gasteiger charge is 2.14. The van der Waals surface area contributed by atoms with Crippen molar-refractivity contribution >= 4 is 53.1 Å². The molecule has 5 nitrogen and oxygen atoms in total. The molecule has 0 saturated heterocycles. The molecule has 1 aromatic rings. The first-order valence-electron chi connectivity index (χ1n) is 7.86. The number of rotatable bonds is 7. The molecule has 140 valence electrons. The van der Waals surface area contributed by atoms with Crippen LogP contribution < -0.4 is 10.6 Å². The Hall–Kier alpha value is -0.180. The topological polar surface area (TPSA) is 44.6 Å². The van der Waals surface area contributed by atoms with Crippen LogP contribution in [0, 0.1) is 5.92 Å². The Morgan fingerprint density at radius 3 is 2.33 bits per heavy atom. The molecule has 0 saturated carbocycles. The molecule has 0 aliphatic heterocycles. The average molecular weight is 490 g/mol. The van der Waals surface area contributed by atoms with Gasteiger partial charge in [0.25, 0.3) is 0 Å². The standard InChI is InChI=1S/C16H29Cl2N5.HI/c1-11(2)7-12(22(4)5)9-20-16(19-3)21-10-13-8-14(17)15(18)23(13)6;/h8,11-12H,7,9-10H2,1-6H3,(H2,19,20,21);1H. The van der Waals surface area contributed by atoms with Crippen molar-refractivity contribution < 1.29 is 0 Å². The van der Waals surface area contributed by atoms with Gasteiger partial charge in [-0.2, -0.15) is 0 Å². The highest BCUT2D eigenvalue weighted by atomic mass is 127. The number of aromatic nitrogens is 1. The SMILES string of the molecule is CN=C(NCc1cc(Cl)c(Cl)n1C)NCC(CC(C)C)N(C)C.I. The molecule has 2 N–H and O–H groups in total. The van der Waals surface area contributed by atoms with Crippen LogP contribution in [0.3, 0.4) is 0 Å². The summed E-state index contributed by atoms with van der Waals surface area (Å²) in [5, 5.41) is 7.81. The van der Waals surface area contributed by atoms with Gasteiger partial charge in [-0.3, -0.25) is 4.99 Å². The van der Waals surface area contributed by atoms with Crippen LogP contribution >= 0.6 is 47.2 Å². The minimum absolute atomic E-state index is 0. The molecule has 0 bridgehead atoms. The van der Waals surface area contributed by atoms with E-state index in [0.717, 1.165) is 24.6 Å². The second-order valence-electron chi connectivity index (χ2n) is 6.39. The third kappa shape index (κ3) is 7.37. The molecule has 1 aromatic heterocycles. The van der Waals surface area contributed by atoms with Crippen LogP contribution in [0.25, 0.3) is 0 Å². The molecule has 1 atom stereocenters. The number of hydrogen-bond acceptors (Lipinski definition) is 2. The third-order valence-corrected chi connectivity index (χ3v) is 4.70. The number of guanidine groups is 1. The first-order valence-corrected chi connectivity index (χ1v) is 8.62. The molecule has 0 fully saturated rings. The van der Waals surface area contributed by atoms with Crippen molar-refractivity contribution in [3.8, 4) is 0 Å². The lowest BCUT2D eigenvalue weighted by molar-refractivity contribution is 0.254. The largest absolute Gasteiger partial charge is 0.355 e. The Bertz CT molecular complexity index is 529. The quantitative estimate of drug-likeness (QED) is 0.349. The zero-order chi connectivity index (χ0) is 17.6. The van der Waals surface area contributed by atoms with E-state index < -0.39 is 0 Å². The first-order chi connectivity index (χ1) is 10.8. The van der Waals surface area contributed by atoms with Gasteiger partial charge in [0.1, 0.15) is 5.15 Å². The highest BCUT2D eigenvalue weighted by molar-refractivity contribution is 14.0. The predicted molar refractivity (Wildman–Crippen MR) is 116 cm³/mol. The minimum Gasteiger partial charge on any atom is -0.355 e. The van der Waals surface area contributed by atoms with Crippen molar-refractivity contribution in [3.05, 3.63) is 21.9 Å². The smallest absolute Gasteiger partial charge is 0.191 e. The fourth-order valence-corrected chi connectivity index (χ4v) is 2.80. The lowest BCUT2D eigenvalue weighted by atomic mass is 10.0. The number of nitrogens with zero attached hydrogens (tertiary/aromatic N) is 3. The van der Waals surface area contributed by atoms with Gasteiger partial charge < -0.3 is 20.1 Å². The molecule has 0 aliphatic carbocycles. The molecule has 1 unspecified atom stereocenters. The third-order valence-electron chi connectivity index (χ3n) is 3.86. The summed E-state index contributed by atoms with van der Waals surface area (Å²) in [6.45, 7) is 5.94. The van der Waals surface area contributed by atoms with Crippen molar-refractivity contribution in [2.75, 3.05) is 27.7 Å². The van der Waals surface area contributed by atoms with E-state index in [1.165, 1.54) is 0 Å². The second kappa shape index (κ2) is 11.4. The van der Waals surface area contributed by atoms with Gasteiger partial charge in [-0.1, -0.05) is 37.0 Å². The van der Waals surface area contributed by atoms with Gasteiger partial charge in [0.05, 0.1) is 11.6 Å². The predicted octanol–water partition coefficient (Wildman–Crippen LogP) is 3.59. The van der Waals surface area contributed by atoms with E-state index in [-0.39, 0.29) is 24.0 Å². The molecule has 24 heavy (non-hydrogen) atoms. The summed E-state index contributed by atoms with van der Waals surface area (Å²) in [7, 11) is 7.89. The highest BCUT2D eigenvalue weighted by Crippen LogP contribution is 2.24. The molecular weight excluding hydrogens is 460 g/mol. The van der Waals surface area contributed by atoms with Gasteiger partial charge in [0.2, 0.25) is 0 Å². The van der Waals surface area contributed by atoms with E-state index >= 15 is 0 Å². The van der Waals surface area contributed by atoms with Gasteiger partial charge in [-0.25, -0.2) is 0 Å². The Balaban J connectivity index is 0.00000529. The van der Waals surface area contributed by atoms with Crippen LogP contribution in [-0.2, 0) is 13.6 Å². The van der Waals surface area contributed by atoms with Crippen molar-refractivity contribution in [2.24, 2.45) is 18.0 Å². The van der Waals surface area contributed by atoms with Crippen LogP contribution in [0.1, 0.15) is 26.0 Å². The summed E-state index contributed by atoms with van der Waals surface area (Å²) in [4.78, 5) is 6.52. The Kier molecular flexibility index (Phi) is 11.4. The normalized spacial score (nSPS) is 13.2. The van der Waals surface area contributed by atoms with Crippen LogP contribution in [-0.4, -0.2) is 49.2 Å². The van der Waals surface area contributed by atoms with E-state index in [4.69, 9.17) is 23.2 Å². The summed E-state index contributed by atoms with van der Waals surface area (Å²) >= 11 is 12.1. The molecule has 1 heterocycles. The lowest BCUT2D eigenvalue weighted by Crippen LogP contribution is -2.45. The van der Waals surface area contributed by atoms with Crippen molar-refractivity contribution in [2.45, 2.75) is 32.9 Å². The molecule has 1 rings (SSSR count). The molecule has 0 radical (unpaired) electrons. The maximum atomic E-state index is 6.09. The van der Waals surface area contributed by atoms with E-state index in [1.54, 1.807) is 7.05 Å². The number of likely N-dealkylation sites (N-methyl/N-ethyl adjacent to an activating group) is 1. The average Bonchev–Trinajstić information content (AvgIpc) is 2.72. The van der Waals surface area contributed by atoms with Crippen molar-refractivity contribution in [1.29, 1.82) is 0 Å². The Labute approximate surface area is 173 Å². The number of aliphatic imine (C=N–C) groups is 1. The number of halogens is 3. The van der Waals surface area contributed by atoms with Crippen LogP contribution in [0.5, 0.6) is 0 Å².